The van der Waals surface area contributed by atoms with Crippen LogP contribution < -0.4 is 10.5 Å². The minimum absolute atomic E-state index is 0.104. The highest BCUT2D eigenvalue weighted by Gasteiger charge is 2.24. The monoisotopic (exact) mass is 263 g/mol. The predicted octanol–water partition coefficient (Wildman–Crippen LogP) is 0.127. The third-order valence-electron chi connectivity index (χ3n) is 3.22. The van der Waals surface area contributed by atoms with E-state index in [0.29, 0.717) is 19.0 Å². The highest BCUT2D eigenvalue weighted by Crippen LogP contribution is 2.13. The van der Waals surface area contributed by atoms with Gasteiger partial charge in [-0.15, -0.1) is 0 Å². The second-order valence-electron chi connectivity index (χ2n) is 4.98. The van der Waals surface area contributed by atoms with Crippen LogP contribution in [0, 0.1) is 0 Å². The van der Waals surface area contributed by atoms with Gasteiger partial charge >= 0.3 is 0 Å². The molecule has 0 spiro atoms. The summed E-state index contributed by atoms with van der Waals surface area (Å²) in [6.07, 6.45) is 2.33. The molecular formula is C11H25N3O2S. The van der Waals surface area contributed by atoms with Crippen LogP contribution in [0.1, 0.15) is 33.1 Å². The van der Waals surface area contributed by atoms with E-state index in [4.69, 9.17) is 5.73 Å². The van der Waals surface area contributed by atoms with Crippen LogP contribution in [0.3, 0.4) is 0 Å². The fourth-order valence-corrected chi connectivity index (χ4v) is 3.53. The molecule has 6 heteroatoms. The summed E-state index contributed by atoms with van der Waals surface area (Å²) in [5.41, 5.74) is 5.32. The Morgan fingerprint density at radius 2 is 1.94 bits per heavy atom. The molecule has 1 saturated heterocycles. The molecule has 0 amide bonds. The fourth-order valence-electron chi connectivity index (χ4n) is 2.12. The van der Waals surface area contributed by atoms with Crippen LogP contribution in [0.15, 0.2) is 0 Å². The third kappa shape index (κ3) is 5.33. The smallest absolute Gasteiger partial charge is 0.211 e. The molecule has 0 radical (unpaired) electrons. The zero-order valence-electron chi connectivity index (χ0n) is 10.9. The van der Waals surface area contributed by atoms with E-state index in [9.17, 15) is 8.42 Å². The van der Waals surface area contributed by atoms with E-state index in [0.717, 1.165) is 25.9 Å². The number of nitrogens with two attached hydrogens (primary N) is 1. The van der Waals surface area contributed by atoms with Crippen molar-refractivity contribution in [3.05, 3.63) is 0 Å². The number of piperidine rings is 1. The first kappa shape index (κ1) is 14.9. The van der Waals surface area contributed by atoms with Gasteiger partial charge in [-0.05, 0) is 52.7 Å². The molecule has 3 N–H and O–H groups in total. The van der Waals surface area contributed by atoms with Crippen molar-refractivity contribution in [2.24, 2.45) is 5.73 Å². The van der Waals surface area contributed by atoms with Crippen molar-refractivity contribution < 1.29 is 8.42 Å². The number of sulfonamides is 1. The lowest BCUT2D eigenvalue weighted by Gasteiger charge is -2.34. The molecule has 0 unspecified atom stereocenters. The molecular weight excluding hydrogens is 238 g/mol. The molecule has 5 nitrogen and oxygen atoms in total. The number of nitrogens with zero attached hydrogens (tertiary/aromatic N) is 1. The molecule has 0 aromatic heterocycles. The van der Waals surface area contributed by atoms with Crippen LogP contribution in [0.4, 0.5) is 0 Å². The number of nitrogens with one attached hydrogen (secondary N) is 1. The number of likely N-dealkylation sites (tertiary alicyclic amines) is 1. The Morgan fingerprint density at radius 3 is 2.41 bits per heavy atom. The molecule has 0 saturated carbocycles. The first-order valence-corrected chi connectivity index (χ1v) is 8.04. The second-order valence-corrected chi connectivity index (χ2v) is 6.86. The summed E-state index contributed by atoms with van der Waals surface area (Å²) in [6.45, 7) is 6.72. The van der Waals surface area contributed by atoms with Crippen molar-refractivity contribution in [1.29, 1.82) is 0 Å². The van der Waals surface area contributed by atoms with Crippen LogP contribution in [0.25, 0.3) is 0 Å². The van der Waals surface area contributed by atoms with Gasteiger partial charge in [0.25, 0.3) is 0 Å². The largest absolute Gasteiger partial charge is 0.330 e. The summed E-state index contributed by atoms with van der Waals surface area (Å²) in [7, 11) is -3.13. The van der Waals surface area contributed by atoms with Crippen LogP contribution in [0.2, 0.25) is 0 Å². The molecule has 0 aromatic carbocycles. The number of rotatable bonds is 6. The Labute approximate surface area is 105 Å². The average molecular weight is 263 g/mol. The van der Waals surface area contributed by atoms with Gasteiger partial charge in [0.15, 0.2) is 0 Å². The van der Waals surface area contributed by atoms with Gasteiger partial charge in [0, 0.05) is 12.1 Å². The van der Waals surface area contributed by atoms with Gasteiger partial charge in [0.2, 0.25) is 10.0 Å². The van der Waals surface area contributed by atoms with Gasteiger partial charge in [-0.2, -0.15) is 0 Å². The maximum absolute atomic E-state index is 11.7. The zero-order chi connectivity index (χ0) is 12.9. The summed E-state index contributed by atoms with van der Waals surface area (Å²) in [5.74, 6) is 0.147. The summed E-state index contributed by atoms with van der Waals surface area (Å²) >= 11 is 0. The molecule has 1 rings (SSSR count). The van der Waals surface area contributed by atoms with Gasteiger partial charge in [-0.3, -0.25) is 0 Å². The van der Waals surface area contributed by atoms with Gasteiger partial charge in [0.1, 0.15) is 0 Å². The van der Waals surface area contributed by atoms with E-state index in [-0.39, 0.29) is 11.8 Å². The third-order valence-corrected chi connectivity index (χ3v) is 4.74. The Hall–Kier alpha value is -0.170. The summed E-state index contributed by atoms with van der Waals surface area (Å²) in [5, 5.41) is 0. The molecule has 1 aliphatic heterocycles. The molecule has 1 aliphatic rings. The molecule has 0 bridgehead atoms. The Balaban J connectivity index is 2.35. The van der Waals surface area contributed by atoms with Crippen molar-refractivity contribution in [2.75, 3.05) is 25.4 Å². The SMILES string of the molecule is CC(C)N1CCC(NS(=O)(=O)CCCN)CC1. The molecule has 1 fully saturated rings. The molecule has 17 heavy (non-hydrogen) atoms. The van der Waals surface area contributed by atoms with Gasteiger partial charge in [-0.25, -0.2) is 13.1 Å². The van der Waals surface area contributed by atoms with E-state index in [2.05, 4.69) is 23.5 Å². The summed E-state index contributed by atoms with van der Waals surface area (Å²) in [6, 6.07) is 0.651. The molecule has 1 heterocycles. The van der Waals surface area contributed by atoms with Crippen molar-refractivity contribution in [3.63, 3.8) is 0 Å². The van der Waals surface area contributed by atoms with Gasteiger partial charge in [0.05, 0.1) is 5.75 Å². The van der Waals surface area contributed by atoms with Gasteiger partial charge in [-0.1, -0.05) is 0 Å². The molecule has 0 atom stereocenters. The van der Waals surface area contributed by atoms with E-state index in [1.54, 1.807) is 0 Å². The zero-order valence-corrected chi connectivity index (χ0v) is 11.7. The van der Waals surface area contributed by atoms with Gasteiger partial charge < -0.3 is 10.6 Å². The topological polar surface area (TPSA) is 75.4 Å². The van der Waals surface area contributed by atoms with Crippen molar-refractivity contribution >= 4 is 10.0 Å². The second kappa shape index (κ2) is 6.68. The number of hydrogen-bond donors (Lipinski definition) is 2. The lowest BCUT2D eigenvalue weighted by atomic mass is 10.1. The summed E-state index contributed by atoms with van der Waals surface area (Å²) < 4.78 is 26.2. The summed E-state index contributed by atoms with van der Waals surface area (Å²) in [4.78, 5) is 2.38. The maximum Gasteiger partial charge on any atom is 0.211 e. The minimum Gasteiger partial charge on any atom is -0.330 e. The standard InChI is InChI=1S/C11H25N3O2S/c1-10(2)14-7-4-11(5-8-14)13-17(15,16)9-3-6-12/h10-11,13H,3-9,12H2,1-2H3. The Morgan fingerprint density at radius 1 is 1.35 bits per heavy atom. The van der Waals surface area contributed by atoms with Crippen LogP contribution in [0.5, 0.6) is 0 Å². The fraction of sp³-hybridized carbons (Fsp3) is 1.00. The van der Waals surface area contributed by atoms with Crippen LogP contribution >= 0.6 is 0 Å². The minimum atomic E-state index is -3.13. The lowest BCUT2D eigenvalue weighted by Crippen LogP contribution is -2.47. The van der Waals surface area contributed by atoms with E-state index >= 15 is 0 Å². The number of hydrogen-bond acceptors (Lipinski definition) is 4. The van der Waals surface area contributed by atoms with Crippen molar-refractivity contribution in [1.82, 2.24) is 9.62 Å². The Kier molecular flexibility index (Phi) is 5.85. The maximum atomic E-state index is 11.7. The quantitative estimate of drug-likeness (QED) is 0.714. The highest BCUT2D eigenvalue weighted by atomic mass is 32.2. The van der Waals surface area contributed by atoms with E-state index < -0.39 is 10.0 Å². The van der Waals surface area contributed by atoms with E-state index in [1.807, 2.05) is 0 Å². The normalized spacial score (nSPS) is 20.0. The predicted molar refractivity (Wildman–Crippen MR) is 70.3 cm³/mol. The Bertz CT molecular complexity index is 309. The van der Waals surface area contributed by atoms with E-state index in [1.165, 1.54) is 0 Å². The van der Waals surface area contributed by atoms with Crippen LogP contribution in [-0.2, 0) is 10.0 Å². The first-order chi connectivity index (χ1) is 7.94. The van der Waals surface area contributed by atoms with Crippen molar-refractivity contribution in [3.8, 4) is 0 Å². The molecule has 0 aliphatic carbocycles. The highest BCUT2D eigenvalue weighted by molar-refractivity contribution is 7.89. The molecule has 0 aromatic rings. The lowest BCUT2D eigenvalue weighted by molar-refractivity contribution is 0.168. The average Bonchev–Trinajstić information content (AvgIpc) is 2.26. The van der Waals surface area contributed by atoms with Crippen LogP contribution in [-0.4, -0.2) is 50.8 Å². The molecule has 102 valence electrons. The van der Waals surface area contributed by atoms with Crippen molar-refractivity contribution in [2.45, 2.75) is 45.2 Å². The first-order valence-electron chi connectivity index (χ1n) is 6.38.